The Hall–Kier alpha value is -0.570. The third-order valence-electron chi connectivity index (χ3n) is 3.66. The molecule has 17 heavy (non-hydrogen) atoms. The van der Waals surface area contributed by atoms with Crippen LogP contribution in [0.25, 0.3) is 0 Å². The van der Waals surface area contributed by atoms with Crippen LogP contribution in [0, 0.1) is 11.3 Å². The summed E-state index contributed by atoms with van der Waals surface area (Å²) in [6.45, 7) is 0.693. The first-order valence-electron chi connectivity index (χ1n) is 6.23. The Labute approximate surface area is 108 Å². The zero-order valence-corrected chi connectivity index (χ0v) is 10.8. The first kappa shape index (κ1) is 12.9. The maximum Gasteiger partial charge on any atom is 0.0502 e. The molecule has 94 valence electrons. The van der Waals surface area contributed by atoms with Crippen LogP contribution in [-0.4, -0.2) is 18.3 Å². The highest BCUT2D eigenvalue weighted by Gasteiger charge is 2.35. The molecule has 3 heteroatoms. The molecule has 3 N–H and O–H groups in total. The average Bonchev–Trinajstić information content (AvgIpc) is 3.12. The lowest BCUT2D eigenvalue weighted by atomic mass is 9.78. The Balaban J connectivity index is 2.10. The van der Waals surface area contributed by atoms with Crippen LogP contribution in [0.1, 0.15) is 24.8 Å². The molecule has 1 aliphatic carbocycles. The van der Waals surface area contributed by atoms with E-state index in [0.29, 0.717) is 6.54 Å². The topological polar surface area (TPSA) is 46.2 Å². The van der Waals surface area contributed by atoms with Crippen molar-refractivity contribution < 1.29 is 5.11 Å². The highest BCUT2D eigenvalue weighted by molar-refractivity contribution is 6.30. The molecule has 0 radical (unpaired) electrons. The molecule has 1 atom stereocenters. The zero-order valence-electron chi connectivity index (χ0n) is 10.0. The van der Waals surface area contributed by atoms with Gasteiger partial charge in [0.15, 0.2) is 0 Å². The molecule has 2 rings (SSSR count). The van der Waals surface area contributed by atoms with Gasteiger partial charge in [0, 0.05) is 17.0 Å². The fraction of sp³-hybridized carbons (Fsp3) is 0.571. The maximum absolute atomic E-state index is 9.67. The second-order valence-corrected chi connectivity index (χ2v) is 5.75. The minimum atomic E-state index is -0.161. The van der Waals surface area contributed by atoms with Crippen molar-refractivity contribution in [2.45, 2.75) is 25.7 Å². The monoisotopic (exact) mass is 253 g/mol. The summed E-state index contributed by atoms with van der Waals surface area (Å²) in [5, 5.41) is 10.4. The van der Waals surface area contributed by atoms with E-state index < -0.39 is 0 Å². The number of aliphatic hydroxyl groups excluding tert-OH is 1. The summed E-state index contributed by atoms with van der Waals surface area (Å²) < 4.78 is 0. The first-order chi connectivity index (χ1) is 8.17. The van der Waals surface area contributed by atoms with Crippen LogP contribution in [0.4, 0.5) is 0 Å². The van der Waals surface area contributed by atoms with Gasteiger partial charge in [-0.15, -0.1) is 0 Å². The van der Waals surface area contributed by atoms with Crippen molar-refractivity contribution in [3.63, 3.8) is 0 Å². The van der Waals surface area contributed by atoms with Gasteiger partial charge in [0.1, 0.15) is 0 Å². The number of nitrogens with two attached hydrogens (primary N) is 1. The fourth-order valence-corrected chi connectivity index (χ4v) is 2.64. The first-order valence-corrected chi connectivity index (χ1v) is 6.61. The van der Waals surface area contributed by atoms with Gasteiger partial charge in [0.25, 0.3) is 0 Å². The number of aliphatic hydroxyl groups is 1. The van der Waals surface area contributed by atoms with Gasteiger partial charge < -0.3 is 10.8 Å². The van der Waals surface area contributed by atoms with Crippen LogP contribution in [0.15, 0.2) is 24.3 Å². The summed E-state index contributed by atoms with van der Waals surface area (Å²) >= 11 is 5.98. The van der Waals surface area contributed by atoms with Crippen LogP contribution in [-0.2, 0) is 6.42 Å². The molecule has 1 unspecified atom stereocenters. The normalized spacial score (nSPS) is 19.0. The zero-order chi connectivity index (χ0) is 12.3. The van der Waals surface area contributed by atoms with E-state index in [4.69, 9.17) is 17.3 Å². The molecule has 0 saturated heterocycles. The number of hydrogen-bond acceptors (Lipinski definition) is 2. The number of halogens is 1. The molecule has 1 fully saturated rings. The third-order valence-corrected chi connectivity index (χ3v) is 3.89. The van der Waals surface area contributed by atoms with E-state index in [2.05, 4.69) is 6.07 Å². The average molecular weight is 254 g/mol. The molecule has 0 spiro atoms. The summed E-state index contributed by atoms with van der Waals surface area (Å²) in [6, 6.07) is 7.84. The molecule has 1 saturated carbocycles. The summed E-state index contributed by atoms with van der Waals surface area (Å²) in [6.07, 6.45) is 4.43. The van der Waals surface area contributed by atoms with Gasteiger partial charge in [-0.3, -0.25) is 0 Å². The van der Waals surface area contributed by atoms with Crippen molar-refractivity contribution in [3.8, 4) is 0 Å². The van der Waals surface area contributed by atoms with E-state index in [0.717, 1.165) is 29.3 Å². The van der Waals surface area contributed by atoms with Crippen LogP contribution in [0.3, 0.4) is 0 Å². The van der Waals surface area contributed by atoms with E-state index in [1.54, 1.807) is 0 Å². The SMILES string of the molecule is NCC(CO)(Cc1cccc(Cl)c1)CC1CC1. The minimum Gasteiger partial charge on any atom is -0.396 e. The molecule has 0 aliphatic heterocycles. The molecular weight excluding hydrogens is 234 g/mol. The van der Waals surface area contributed by atoms with E-state index in [1.807, 2.05) is 18.2 Å². The number of hydrogen-bond donors (Lipinski definition) is 2. The predicted octanol–water partition coefficient (Wildman–Crippen LogP) is 2.62. The number of benzene rings is 1. The van der Waals surface area contributed by atoms with Gasteiger partial charge in [0.2, 0.25) is 0 Å². The second kappa shape index (κ2) is 5.38. The summed E-state index contributed by atoms with van der Waals surface area (Å²) in [5.74, 6) is 0.768. The molecule has 1 aliphatic rings. The van der Waals surface area contributed by atoms with Gasteiger partial charge in [0.05, 0.1) is 6.61 Å². The summed E-state index contributed by atoms with van der Waals surface area (Å²) in [5.41, 5.74) is 6.89. The van der Waals surface area contributed by atoms with Crippen molar-refractivity contribution in [2.24, 2.45) is 17.1 Å². The Morgan fingerprint density at radius 1 is 1.41 bits per heavy atom. The Bertz CT molecular complexity index is 372. The molecule has 2 nitrogen and oxygen atoms in total. The standard InChI is InChI=1S/C14H20ClNO/c15-13-3-1-2-12(6-13)8-14(9-16,10-17)7-11-4-5-11/h1-3,6,11,17H,4-5,7-10,16H2. The van der Waals surface area contributed by atoms with Crippen LogP contribution in [0.5, 0.6) is 0 Å². The van der Waals surface area contributed by atoms with Crippen LogP contribution in [0.2, 0.25) is 5.02 Å². The summed E-state index contributed by atoms with van der Waals surface area (Å²) in [7, 11) is 0. The van der Waals surface area contributed by atoms with E-state index in [-0.39, 0.29) is 12.0 Å². The Morgan fingerprint density at radius 2 is 2.18 bits per heavy atom. The Kier molecular flexibility index (Phi) is 4.08. The highest BCUT2D eigenvalue weighted by Crippen LogP contribution is 2.41. The van der Waals surface area contributed by atoms with Gasteiger partial charge in [-0.05, 0) is 36.5 Å². The largest absolute Gasteiger partial charge is 0.396 e. The number of rotatable bonds is 6. The van der Waals surface area contributed by atoms with Gasteiger partial charge in [-0.1, -0.05) is 36.6 Å². The smallest absolute Gasteiger partial charge is 0.0502 e. The molecular formula is C14H20ClNO. The van der Waals surface area contributed by atoms with Crippen LogP contribution >= 0.6 is 11.6 Å². The quantitative estimate of drug-likeness (QED) is 0.819. The molecule has 0 aromatic heterocycles. The molecule has 1 aromatic carbocycles. The summed E-state index contributed by atoms with van der Waals surface area (Å²) in [4.78, 5) is 0. The molecule has 0 bridgehead atoms. The van der Waals surface area contributed by atoms with Crippen molar-refractivity contribution in [2.75, 3.05) is 13.2 Å². The van der Waals surface area contributed by atoms with Crippen molar-refractivity contribution in [1.82, 2.24) is 0 Å². The van der Waals surface area contributed by atoms with Crippen molar-refractivity contribution in [1.29, 1.82) is 0 Å². The molecule has 0 heterocycles. The lowest BCUT2D eigenvalue weighted by Gasteiger charge is -2.31. The van der Waals surface area contributed by atoms with Crippen LogP contribution < -0.4 is 5.73 Å². The van der Waals surface area contributed by atoms with Gasteiger partial charge >= 0.3 is 0 Å². The Morgan fingerprint density at radius 3 is 2.71 bits per heavy atom. The minimum absolute atomic E-state index is 0.159. The lowest BCUT2D eigenvalue weighted by molar-refractivity contribution is 0.115. The van der Waals surface area contributed by atoms with Crippen molar-refractivity contribution >= 4 is 11.6 Å². The molecule has 0 amide bonds. The second-order valence-electron chi connectivity index (χ2n) is 5.32. The maximum atomic E-state index is 9.67. The van der Waals surface area contributed by atoms with Crippen molar-refractivity contribution in [3.05, 3.63) is 34.9 Å². The third kappa shape index (κ3) is 3.44. The van der Waals surface area contributed by atoms with E-state index in [1.165, 1.54) is 12.8 Å². The van der Waals surface area contributed by atoms with Gasteiger partial charge in [-0.25, -0.2) is 0 Å². The van der Waals surface area contributed by atoms with E-state index >= 15 is 0 Å². The lowest BCUT2D eigenvalue weighted by Crippen LogP contribution is -2.37. The fourth-order valence-electron chi connectivity index (χ4n) is 2.43. The van der Waals surface area contributed by atoms with E-state index in [9.17, 15) is 5.11 Å². The predicted molar refractivity (Wildman–Crippen MR) is 71.1 cm³/mol. The molecule has 1 aromatic rings. The highest BCUT2D eigenvalue weighted by atomic mass is 35.5. The van der Waals surface area contributed by atoms with Gasteiger partial charge in [-0.2, -0.15) is 0 Å².